The first-order valence-corrected chi connectivity index (χ1v) is 8.19. The second-order valence-corrected chi connectivity index (χ2v) is 6.08. The van der Waals surface area contributed by atoms with Crippen molar-refractivity contribution in [3.63, 3.8) is 0 Å². The van der Waals surface area contributed by atoms with Gasteiger partial charge in [-0.3, -0.25) is 0 Å². The van der Waals surface area contributed by atoms with E-state index in [0.717, 1.165) is 17.3 Å². The molecule has 0 unspecified atom stereocenters. The molecule has 1 aromatic carbocycles. The van der Waals surface area contributed by atoms with Gasteiger partial charge in [0.1, 0.15) is 5.75 Å². The SMILES string of the molecule is CC(C)Oc1ccccc1Nc1nncc(NC2CCCC2)n1. The van der Waals surface area contributed by atoms with Crippen LogP contribution < -0.4 is 15.4 Å². The Morgan fingerprint density at radius 1 is 1.17 bits per heavy atom. The third-order valence-corrected chi connectivity index (χ3v) is 3.76. The van der Waals surface area contributed by atoms with Gasteiger partial charge < -0.3 is 15.4 Å². The highest BCUT2D eigenvalue weighted by molar-refractivity contribution is 5.62. The maximum Gasteiger partial charge on any atom is 0.249 e. The topological polar surface area (TPSA) is 72.0 Å². The van der Waals surface area contributed by atoms with Crippen LogP contribution in [0, 0.1) is 0 Å². The predicted octanol–water partition coefficient (Wildman–Crippen LogP) is 3.76. The molecule has 0 aliphatic heterocycles. The van der Waals surface area contributed by atoms with Gasteiger partial charge in [0.25, 0.3) is 0 Å². The van der Waals surface area contributed by atoms with Crippen LogP contribution in [0.25, 0.3) is 0 Å². The standard InChI is InChI=1S/C17H23N5O/c1-12(2)23-15-10-6-5-9-14(15)20-17-21-16(11-18-22-17)19-13-7-3-4-8-13/h5-6,9-13H,3-4,7-8H2,1-2H3,(H2,19,20,21,22). The van der Waals surface area contributed by atoms with Gasteiger partial charge in [-0.05, 0) is 38.8 Å². The van der Waals surface area contributed by atoms with Crippen molar-refractivity contribution in [2.24, 2.45) is 0 Å². The van der Waals surface area contributed by atoms with E-state index < -0.39 is 0 Å². The lowest BCUT2D eigenvalue weighted by molar-refractivity contribution is 0.244. The highest BCUT2D eigenvalue weighted by atomic mass is 16.5. The molecular formula is C17H23N5O. The number of ether oxygens (including phenoxy) is 1. The van der Waals surface area contributed by atoms with Gasteiger partial charge in [-0.1, -0.05) is 25.0 Å². The van der Waals surface area contributed by atoms with E-state index in [1.807, 2.05) is 38.1 Å². The zero-order chi connectivity index (χ0) is 16.1. The molecule has 3 rings (SSSR count). The van der Waals surface area contributed by atoms with Gasteiger partial charge in [0, 0.05) is 6.04 Å². The first-order valence-electron chi connectivity index (χ1n) is 8.19. The third kappa shape index (κ3) is 4.31. The summed E-state index contributed by atoms with van der Waals surface area (Å²) >= 11 is 0. The second-order valence-electron chi connectivity index (χ2n) is 6.08. The van der Waals surface area contributed by atoms with Gasteiger partial charge in [0.15, 0.2) is 5.82 Å². The summed E-state index contributed by atoms with van der Waals surface area (Å²) in [6, 6.07) is 8.26. The molecule has 1 aliphatic carbocycles. The van der Waals surface area contributed by atoms with E-state index in [0.29, 0.717) is 12.0 Å². The lowest BCUT2D eigenvalue weighted by Gasteiger charge is -2.15. The Balaban J connectivity index is 1.72. The van der Waals surface area contributed by atoms with E-state index in [1.165, 1.54) is 25.7 Å². The lowest BCUT2D eigenvalue weighted by Crippen LogP contribution is -2.16. The third-order valence-electron chi connectivity index (χ3n) is 3.76. The van der Waals surface area contributed by atoms with Crippen LogP contribution >= 0.6 is 0 Å². The molecule has 2 aromatic rings. The summed E-state index contributed by atoms with van der Waals surface area (Å²) < 4.78 is 5.80. The van der Waals surface area contributed by atoms with Gasteiger partial charge in [-0.15, -0.1) is 5.10 Å². The van der Waals surface area contributed by atoms with E-state index in [1.54, 1.807) is 6.20 Å². The molecule has 1 aliphatic rings. The van der Waals surface area contributed by atoms with Gasteiger partial charge in [0.05, 0.1) is 18.0 Å². The van der Waals surface area contributed by atoms with Crippen molar-refractivity contribution in [2.75, 3.05) is 10.6 Å². The summed E-state index contributed by atoms with van der Waals surface area (Å²) in [4.78, 5) is 4.50. The Labute approximate surface area is 136 Å². The number of hydrogen-bond acceptors (Lipinski definition) is 6. The molecule has 122 valence electrons. The first-order chi connectivity index (χ1) is 11.2. The Morgan fingerprint density at radius 2 is 1.96 bits per heavy atom. The molecule has 0 atom stereocenters. The molecule has 6 nitrogen and oxygen atoms in total. The summed E-state index contributed by atoms with van der Waals surface area (Å²) in [5.74, 6) is 2.00. The van der Waals surface area contributed by atoms with E-state index in [4.69, 9.17) is 4.74 Å². The van der Waals surface area contributed by atoms with Crippen molar-refractivity contribution in [1.29, 1.82) is 0 Å². The molecule has 1 fully saturated rings. The van der Waals surface area contributed by atoms with E-state index >= 15 is 0 Å². The molecule has 1 heterocycles. The van der Waals surface area contributed by atoms with E-state index in [2.05, 4.69) is 25.8 Å². The van der Waals surface area contributed by atoms with Crippen molar-refractivity contribution < 1.29 is 4.74 Å². The van der Waals surface area contributed by atoms with Crippen LogP contribution in [0.15, 0.2) is 30.5 Å². The zero-order valence-corrected chi connectivity index (χ0v) is 13.6. The summed E-state index contributed by atoms with van der Waals surface area (Å²) in [5, 5.41) is 14.7. The average Bonchev–Trinajstić information content (AvgIpc) is 3.02. The highest BCUT2D eigenvalue weighted by Gasteiger charge is 2.15. The zero-order valence-electron chi connectivity index (χ0n) is 13.6. The molecule has 0 bridgehead atoms. The monoisotopic (exact) mass is 313 g/mol. The summed E-state index contributed by atoms with van der Waals surface area (Å²) in [7, 11) is 0. The molecule has 0 radical (unpaired) electrons. The molecule has 0 amide bonds. The Bertz CT molecular complexity index is 640. The Morgan fingerprint density at radius 3 is 2.74 bits per heavy atom. The average molecular weight is 313 g/mol. The maximum atomic E-state index is 5.80. The minimum Gasteiger partial charge on any atom is -0.489 e. The molecule has 1 aromatic heterocycles. The molecule has 0 saturated heterocycles. The van der Waals surface area contributed by atoms with Gasteiger partial charge in [-0.25, -0.2) is 0 Å². The van der Waals surface area contributed by atoms with Crippen molar-refractivity contribution in [3.8, 4) is 5.75 Å². The Hall–Kier alpha value is -2.37. The number of hydrogen-bond donors (Lipinski definition) is 2. The lowest BCUT2D eigenvalue weighted by atomic mass is 10.2. The largest absolute Gasteiger partial charge is 0.489 e. The number of aromatic nitrogens is 3. The first kappa shape index (κ1) is 15.5. The molecule has 2 N–H and O–H groups in total. The highest BCUT2D eigenvalue weighted by Crippen LogP contribution is 2.27. The number of nitrogens with zero attached hydrogens (tertiary/aromatic N) is 3. The summed E-state index contributed by atoms with van der Waals surface area (Å²) in [6.45, 7) is 4.00. The fraction of sp³-hybridized carbons (Fsp3) is 0.471. The normalized spacial score (nSPS) is 14.9. The fourth-order valence-corrected chi connectivity index (χ4v) is 2.75. The van der Waals surface area contributed by atoms with Crippen molar-refractivity contribution in [2.45, 2.75) is 51.7 Å². The van der Waals surface area contributed by atoms with Crippen LogP contribution in [0.2, 0.25) is 0 Å². The molecule has 0 spiro atoms. The van der Waals surface area contributed by atoms with Crippen LogP contribution in [0.4, 0.5) is 17.5 Å². The van der Waals surface area contributed by atoms with Crippen LogP contribution in [0.1, 0.15) is 39.5 Å². The van der Waals surface area contributed by atoms with Crippen LogP contribution in [-0.4, -0.2) is 27.3 Å². The fourth-order valence-electron chi connectivity index (χ4n) is 2.75. The minimum atomic E-state index is 0.104. The predicted molar refractivity (Wildman–Crippen MR) is 91.2 cm³/mol. The van der Waals surface area contributed by atoms with Gasteiger partial charge >= 0.3 is 0 Å². The summed E-state index contributed by atoms with van der Waals surface area (Å²) in [6.07, 6.45) is 6.71. The number of nitrogens with one attached hydrogen (secondary N) is 2. The number of benzene rings is 1. The smallest absolute Gasteiger partial charge is 0.249 e. The van der Waals surface area contributed by atoms with Crippen molar-refractivity contribution in [1.82, 2.24) is 15.2 Å². The van der Waals surface area contributed by atoms with Crippen LogP contribution in [0.5, 0.6) is 5.75 Å². The number of anilines is 3. The number of rotatable bonds is 6. The van der Waals surface area contributed by atoms with E-state index in [-0.39, 0.29) is 6.10 Å². The molecule has 23 heavy (non-hydrogen) atoms. The van der Waals surface area contributed by atoms with Crippen molar-refractivity contribution in [3.05, 3.63) is 30.5 Å². The molecular weight excluding hydrogens is 290 g/mol. The van der Waals surface area contributed by atoms with Crippen LogP contribution in [-0.2, 0) is 0 Å². The van der Waals surface area contributed by atoms with Crippen molar-refractivity contribution >= 4 is 17.5 Å². The van der Waals surface area contributed by atoms with Crippen LogP contribution in [0.3, 0.4) is 0 Å². The maximum absolute atomic E-state index is 5.80. The van der Waals surface area contributed by atoms with Gasteiger partial charge in [-0.2, -0.15) is 10.1 Å². The minimum absolute atomic E-state index is 0.104. The molecule has 6 heteroatoms. The Kier molecular flexibility index (Phi) is 4.90. The molecule has 1 saturated carbocycles. The summed E-state index contributed by atoms with van der Waals surface area (Å²) in [5.41, 5.74) is 0.834. The quantitative estimate of drug-likeness (QED) is 0.846. The number of para-hydroxylation sites is 2. The second kappa shape index (κ2) is 7.26. The van der Waals surface area contributed by atoms with Gasteiger partial charge in [0.2, 0.25) is 5.95 Å². The van der Waals surface area contributed by atoms with E-state index in [9.17, 15) is 0 Å².